The molecule has 3 aliphatic rings. The number of fused-ring (bicyclic) bond motifs is 1. The number of benzene rings is 2. The third-order valence-corrected chi connectivity index (χ3v) is 9.02. The van der Waals surface area contributed by atoms with Gasteiger partial charge < -0.3 is 29.2 Å². The van der Waals surface area contributed by atoms with Gasteiger partial charge in [0.2, 0.25) is 0 Å². The molecule has 0 spiro atoms. The van der Waals surface area contributed by atoms with Crippen LogP contribution in [-0.2, 0) is 6.54 Å². The predicted molar refractivity (Wildman–Crippen MR) is 171 cm³/mol. The Labute approximate surface area is 257 Å². The summed E-state index contributed by atoms with van der Waals surface area (Å²) < 4.78 is 27.4. The first-order chi connectivity index (χ1) is 21.5. The average molecular weight is 596 g/mol. The SMILES string of the molecule is COc1ccccc1-c1cc(C(=O)N2CCN(c3ncc(F)cc3OC)CC2)cc2cc(C3=CCCNC3)n(CC3CC3)c12. The lowest BCUT2D eigenvalue weighted by atomic mass is 9.98. The minimum Gasteiger partial charge on any atom is -0.496 e. The van der Waals surface area contributed by atoms with Crippen LogP contribution in [0.3, 0.4) is 0 Å². The van der Waals surface area contributed by atoms with Crippen molar-refractivity contribution in [2.45, 2.75) is 25.8 Å². The fraction of sp³-hybridized carbons (Fsp3) is 0.371. The Hall–Kier alpha value is -4.37. The maximum Gasteiger partial charge on any atom is 0.254 e. The summed E-state index contributed by atoms with van der Waals surface area (Å²) in [5.41, 5.74) is 6.35. The van der Waals surface area contributed by atoms with Crippen LogP contribution in [0, 0.1) is 11.7 Å². The first-order valence-corrected chi connectivity index (χ1v) is 15.5. The van der Waals surface area contributed by atoms with Crippen molar-refractivity contribution in [1.29, 1.82) is 0 Å². The van der Waals surface area contributed by atoms with Gasteiger partial charge in [-0.25, -0.2) is 9.37 Å². The largest absolute Gasteiger partial charge is 0.496 e. The number of hydrogen-bond acceptors (Lipinski definition) is 6. The molecule has 1 N–H and O–H groups in total. The molecule has 1 aliphatic carbocycles. The molecule has 9 heteroatoms. The van der Waals surface area contributed by atoms with E-state index in [9.17, 15) is 9.18 Å². The number of ether oxygens (including phenoxy) is 2. The summed E-state index contributed by atoms with van der Waals surface area (Å²) in [5, 5.41) is 4.61. The number of hydrogen-bond donors (Lipinski definition) is 1. The molecule has 44 heavy (non-hydrogen) atoms. The number of methoxy groups -OCH3 is 2. The van der Waals surface area contributed by atoms with Gasteiger partial charge in [0.05, 0.1) is 25.9 Å². The van der Waals surface area contributed by atoms with Crippen LogP contribution in [-0.4, -0.2) is 73.8 Å². The minimum atomic E-state index is -0.439. The van der Waals surface area contributed by atoms with Crippen molar-refractivity contribution in [3.05, 3.63) is 77.9 Å². The van der Waals surface area contributed by atoms with Gasteiger partial charge in [-0.2, -0.15) is 0 Å². The first kappa shape index (κ1) is 28.4. The third kappa shape index (κ3) is 5.41. The molecule has 0 bridgehead atoms. The van der Waals surface area contributed by atoms with Crippen molar-refractivity contribution in [3.8, 4) is 22.6 Å². The Morgan fingerprint density at radius 1 is 1.00 bits per heavy atom. The lowest BCUT2D eigenvalue weighted by Gasteiger charge is -2.36. The standard InChI is InChI=1S/C35H38FN5O3/c1-43-31-8-4-3-7-28(31)29-17-26(35(42)40-14-12-39(13-15-40)34-32(44-2)19-27(36)21-38-34)16-25-18-30(24-6-5-11-37-20-24)41(33(25)29)22-23-9-10-23/h3-4,6-8,16-19,21,23,37H,5,9-15,20,22H2,1-2H3. The zero-order valence-corrected chi connectivity index (χ0v) is 25.3. The van der Waals surface area contributed by atoms with E-state index in [1.165, 1.54) is 43.5 Å². The summed E-state index contributed by atoms with van der Waals surface area (Å²) >= 11 is 0. The van der Waals surface area contributed by atoms with E-state index in [0.717, 1.165) is 53.8 Å². The van der Waals surface area contributed by atoms with Crippen LogP contribution in [0.25, 0.3) is 27.6 Å². The molecular weight excluding hydrogens is 557 g/mol. The second-order valence-electron chi connectivity index (χ2n) is 11.9. The van der Waals surface area contributed by atoms with Crippen LogP contribution < -0.4 is 19.7 Å². The predicted octanol–water partition coefficient (Wildman–Crippen LogP) is 5.61. The summed E-state index contributed by atoms with van der Waals surface area (Å²) in [6, 6.07) is 15.8. The van der Waals surface area contributed by atoms with Crippen molar-refractivity contribution >= 4 is 28.2 Å². The Kier molecular flexibility index (Phi) is 7.72. The van der Waals surface area contributed by atoms with Crippen molar-refractivity contribution in [1.82, 2.24) is 19.8 Å². The molecule has 1 saturated carbocycles. The molecule has 0 atom stereocenters. The Balaban J connectivity index is 1.27. The number of piperazine rings is 1. The monoisotopic (exact) mass is 595 g/mol. The molecule has 1 saturated heterocycles. The number of nitrogens with zero attached hydrogens (tertiary/aromatic N) is 4. The highest BCUT2D eigenvalue weighted by molar-refractivity contribution is 6.05. The van der Waals surface area contributed by atoms with E-state index < -0.39 is 5.82 Å². The maximum absolute atomic E-state index is 14.1. The molecule has 4 aromatic rings. The normalized spacial score (nSPS) is 17.1. The number of carbonyl (C=O) groups is 1. The van der Waals surface area contributed by atoms with E-state index in [-0.39, 0.29) is 5.91 Å². The number of carbonyl (C=O) groups excluding carboxylic acids is 1. The molecule has 0 radical (unpaired) electrons. The van der Waals surface area contributed by atoms with Gasteiger partial charge in [-0.05, 0) is 61.6 Å². The number of para-hydroxylation sites is 1. The summed E-state index contributed by atoms with van der Waals surface area (Å²) in [6.45, 7) is 5.00. The third-order valence-electron chi connectivity index (χ3n) is 9.02. The smallest absolute Gasteiger partial charge is 0.254 e. The number of pyridine rings is 1. The minimum absolute atomic E-state index is 0.00299. The van der Waals surface area contributed by atoms with Crippen LogP contribution >= 0.6 is 0 Å². The van der Waals surface area contributed by atoms with Crippen LogP contribution in [0.1, 0.15) is 35.3 Å². The van der Waals surface area contributed by atoms with Crippen molar-refractivity contribution < 1.29 is 18.7 Å². The fourth-order valence-electron chi connectivity index (χ4n) is 6.57. The van der Waals surface area contributed by atoms with Gasteiger partial charge >= 0.3 is 0 Å². The zero-order valence-electron chi connectivity index (χ0n) is 25.3. The molecule has 2 fully saturated rings. The molecule has 8 nitrogen and oxygen atoms in total. The van der Waals surface area contributed by atoms with Gasteiger partial charge in [0.1, 0.15) is 11.6 Å². The van der Waals surface area contributed by atoms with E-state index >= 15 is 0 Å². The van der Waals surface area contributed by atoms with Gasteiger partial charge in [-0.15, -0.1) is 0 Å². The summed E-state index contributed by atoms with van der Waals surface area (Å²) in [5.74, 6) is 2.01. The quantitative estimate of drug-likeness (QED) is 0.286. The molecule has 2 aromatic heterocycles. The van der Waals surface area contributed by atoms with Crippen molar-refractivity contribution in [2.75, 3.05) is 58.4 Å². The van der Waals surface area contributed by atoms with E-state index in [2.05, 4.69) is 45.2 Å². The van der Waals surface area contributed by atoms with E-state index in [1.807, 2.05) is 28.0 Å². The molecule has 1 amide bonds. The van der Waals surface area contributed by atoms with Crippen LogP contribution in [0.5, 0.6) is 11.5 Å². The summed E-state index contributed by atoms with van der Waals surface area (Å²) in [6.07, 6.45) is 7.07. The number of anilines is 1. The highest BCUT2D eigenvalue weighted by Gasteiger charge is 2.29. The molecule has 228 valence electrons. The Morgan fingerprint density at radius 2 is 1.80 bits per heavy atom. The summed E-state index contributed by atoms with van der Waals surface area (Å²) in [4.78, 5) is 22.3. The molecule has 2 aromatic carbocycles. The van der Waals surface area contributed by atoms with Crippen LogP contribution in [0.4, 0.5) is 10.2 Å². The number of aromatic nitrogens is 2. The fourth-order valence-corrected chi connectivity index (χ4v) is 6.57. The van der Waals surface area contributed by atoms with Crippen LogP contribution in [0.2, 0.25) is 0 Å². The van der Waals surface area contributed by atoms with Crippen LogP contribution in [0.15, 0.2) is 60.8 Å². The van der Waals surface area contributed by atoms with Gasteiger partial charge in [-0.3, -0.25) is 4.79 Å². The van der Waals surface area contributed by atoms with E-state index in [4.69, 9.17) is 9.47 Å². The van der Waals surface area contributed by atoms with Crippen molar-refractivity contribution in [3.63, 3.8) is 0 Å². The lowest BCUT2D eigenvalue weighted by molar-refractivity contribution is 0.0746. The lowest BCUT2D eigenvalue weighted by Crippen LogP contribution is -2.49. The number of nitrogens with one attached hydrogen (secondary N) is 1. The number of rotatable bonds is 8. The Morgan fingerprint density at radius 3 is 2.52 bits per heavy atom. The first-order valence-electron chi connectivity index (χ1n) is 15.5. The number of amides is 1. The van der Waals surface area contributed by atoms with Gasteiger partial charge in [0, 0.05) is 73.1 Å². The van der Waals surface area contributed by atoms with Gasteiger partial charge in [0.25, 0.3) is 5.91 Å². The topological polar surface area (TPSA) is 71.9 Å². The molecule has 0 unspecified atom stereocenters. The maximum atomic E-state index is 14.1. The Bertz CT molecular complexity index is 1740. The second-order valence-corrected chi connectivity index (χ2v) is 11.9. The highest BCUT2D eigenvalue weighted by Crippen LogP contribution is 2.41. The molecule has 2 aliphatic heterocycles. The summed E-state index contributed by atoms with van der Waals surface area (Å²) in [7, 11) is 3.21. The zero-order chi connectivity index (χ0) is 30.2. The number of halogens is 1. The van der Waals surface area contributed by atoms with Crippen molar-refractivity contribution in [2.24, 2.45) is 5.92 Å². The highest BCUT2D eigenvalue weighted by atomic mass is 19.1. The molecule has 7 rings (SSSR count). The average Bonchev–Trinajstić information content (AvgIpc) is 3.83. The van der Waals surface area contributed by atoms with Gasteiger partial charge in [0.15, 0.2) is 11.6 Å². The molecular formula is C35H38FN5O3. The van der Waals surface area contributed by atoms with E-state index in [1.54, 1.807) is 7.11 Å². The van der Waals surface area contributed by atoms with Gasteiger partial charge in [-0.1, -0.05) is 24.3 Å². The second kappa shape index (κ2) is 12.0. The van der Waals surface area contributed by atoms with E-state index in [0.29, 0.717) is 49.2 Å². The molecule has 4 heterocycles.